The lowest BCUT2D eigenvalue weighted by atomic mass is 9.65. The zero-order valence-corrected chi connectivity index (χ0v) is 41.7. The van der Waals surface area contributed by atoms with Gasteiger partial charge in [-0.1, -0.05) is 202 Å². The van der Waals surface area contributed by atoms with E-state index in [0.717, 1.165) is 80.5 Å². The largest absolute Gasteiger partial charge is 0.506 e. The zero-order chi connectivity index (χ0) is 48.1. The summed E-state index contributed by atoms with van der Waals surface area (Å²) in [6, 6.07) is 36.7. The highest BCUT2D eigenvalue weighted by molar-refractivity contribution is 6.80. The Kier molecular flexibility index (Phi) is 16.8. The minimum atomic E-state index is -0.390. The van der Waals surface area contributed by atoms with Crippen molar-refractivity contribution < 1.29 is 19.4 Å². The van der Waals surface area contributed by atoms with E-state index in [2.05, 4.69) is 78.1 Å². The molecular weight excluding hydrogens is 862 g/mol. The number of aliphatic hydroxyl groups excluding tert-OH is 1. The van der Waals surface area contributed by atoms with Gasteiger partial charge in [0.05, 0.1) is 29.7 Å². The molecule has 0 bridgehead atoms. The number of ketones is 1. The molecule has 6 aromatic carbocycles. The fraction of sp³-hybridized carbons (Fsp3) is 0.400. The van der Waals surface area contributed by atoms with Crippen molar-refractivity contribution in [2.45, 2.75) is 142 Å². The number of anilines is 3. The topological polar surface area (TPSA) is 104 Å². The quantitative estimate of drug-likeness (QED) is 0.0301. The summed E-state index contributed by atoms with van der Waals surface area (Å²) in [4.78, 5) is 19.9. The first-order valence-corrected chi connectivity index (χ1v) is 27.0. The zero-order valence-electron chi connectivity index (χ0n) is 41.7. The van der Waals surface area contributed by atoms with E-state index in [9.17, 15) is 9.90 Å². The van der Waals surface area contributed by atoms with Crippen LogP contribution >= 0.6 is 0 Å². The maximum Gasteiger partial charge on any atom is 0.427 e. The number of rotatable bonds is 27. The van der Waals surface area contributed by atoms with Gasteiger partial charge in [-0.25, -0.2) is 0 Å². The van der Waals surface area contributed by atoms with Crippen LogP contribution in [-0.2, 0) is 4.79 Å². The molecule has 0 aromatic heterocycles. The molecule has 0 spiro atoms. The first-order chi connectivity index (χ1) is 34.5. The second-order valence-electron chi connectivity index (χ2n) is 19.8. The lowest BCUT2D eigenvalue weighted by Gasteiger charge is -2.31. The molecule has 2 heterocycles. The van der Waals surface area contributed by atoms with Crippen LogP contribution in [-0.4, -0.2) is 38.1 Å². The van der Waals surface area contributed by atoms with Gasteiger partial charge in [0.25, 0.3) is 0 Å². The Bertz CT molecular complexity index is 2900. The van der Waals surface area contributed by atoms with Crippen molar-refractivity contribution in [2.24, 2.45) is 4.90 Å². The average Bonchev–Trinajstić information content (AvgIpc) is 3.39. The molecule has 0 saturated carbocycles. The highest BCUT2D eigenvalue weighted by Gasteiger charge is 2.39. The summed E-state index contributed by atoms with van der Waals surface area (Å²) in [5.41, 5.74) is 6.03. The molecule has 0 radical (unpaired) electrons. The number of hydrogen-bond acceptors (Lipinski definition) is 8. The summed E-state index contributed by atoms with van der Waals surface area (Å²) < 4.78 is 12.3. The number of aliphatic hydroxyl groups is 1. The van der Waals surface area contributed by atoms with Gasteiger partial charge in [0.1, 0.15) is 17.3 Å². The van der Waals surface area contributed by atoms with Crippen LogP contribution in [0.15, 0.2) is 120 Å². The molecule has 4 N–H and O–H groups in total. The number of Topliss-reactive ketones (excluding diaryl/α,β-unsaturated/α-hetero) is 1. The maximum absolute atomic E-state index is 14.6. The minimum absolute atomic E-state index is 0.0128. The van der Waals surface area contributed by atoms with Crippen LogP contribution < -0.4 is 46.7 Å². The number of nitrogens with one attached hydrogen (secondary N) is 3. The van der Waals surface area contributed by atoms with Gasteiger partial charge in [0.2, 0.25) is 5.78 Å². The van der Waals surface area contributed by atoms with E-state index in [1.165, 1.54) is 116 Å². The lowest BCUT2D eigenvalue weighted by molar-refractivity contribution is -0.109. The van der Waals surface area contributed by atoms with Crippen molar-refractivity contribution in [3.05, 3.63) is 131 Å². The Balaban J connectivity index is 0.888. The normalized spacial score (nSPS) is 14.6. The summed E-state index contributed by atoms with van der Waals surface area (Å²) in [7, 11) is 0. The summed E-state index contributed by atoms with van der Waals surface area (Å²) in [5, 5.41) is 28.4. The molecule has 6 aromatic rings. The van der Waals surface area contributed by atoms with E-state index < -0.39 is 0 Å². The first-order valence-electron chi connectivity index (χ1n) is 27.0. The van der Waals surface area contributed by atoms with Crippen molar-refractivity contribution in [3.63, 3.8) is 0 Å². The van der Waals surface area contributed by atoms with Crippen molar-refractivity contribution in [2.75, 3.05) is 28.9 Å². The fourth-order valence-corrected chi connectivity index (χ4v) is 10.6. The van der Waals surface area contributed by atoms with E-state index in [1.807, 2.05) is 60.7 Å². The molecule has 2 aliphatic heterocycles. The van der Waals surface area contributed by atoms with Gasteiger partial charge in [0.15, 0.2) is 0 Å². The summed E-state index contributed by atoms with van der Waals surface area (Å²) in [6.45, 7) is 5.31. The monoisotopic (exact) mass is 935 g/mol. The van der Waals surface area contributed by atoms with Crippen molar-refractivity contribution in [1.29, 1.82) is 0 Å². The molecule has 0 saturated heterocycles. The van der Waals surface area contributed by atoms with Gasteiger partial charge >= 0.3 is 14.0 Å². The molecule has 362 valence electrons. The van der Waals surface area contributed by atoms with E-state index in [-0.39, 0.29) is 25.5 Å². The standard InChI is InChI=1S/C60H72B2N4O4/c1-3-5-7-9-11-13-15-17-19-21-41-69-47-35-31-45(32-36-47)61-63-51-27-23-25-43-29-39-49(57(65-61)53(43)51)55-59(67)56(60(55)68)50-40-30-44-26-24-28-52-54(44)58(50)66-62(64-52)46-33-37-48(38-34-46)70-42-22-20-18-16-14-12-10-8-6-4-2/h23-40,63-65,67H,3-22,41-42H2,1-2H3. The van der Waals surface area contributed by atoms with Crippen LogP contribution in [0.3, 0.4) is 0 Å². The number of benzene rings is 6. The highest BCUT2D eigenvalue weighted by atomic mass is 16.5. The molecule has 8 nitrogen and oxygen atoms in total. The Morgan fingerprint density at radius 1 is 0.500 bits per heavy atom. The number of carbonyl (C=O) groups is 1. The number of unbranched alkanes of at least 4 members (excludes halogenated alkanes) is 18. The second kappa shape index (κ2) is 24.1. The predicted octanol–water partition coefficient (Wildman–Crippen LogP) is 13.0. The van der Waals surface area contributed by atoms with E-state index in [1.54, 1.807) is 0 Å². The summed E-state index contributed by atoms with van der Waals surface area (Å²) in [6.07, 6.45) is 26.0. The van der Waals surface area contributed by atoms with Crippen LogP contribution in [0.1, 0.15) is 148 Å². The Morgan fingerprint density at radius 3 is 1.56 bits per heavy atom. The van der Waals surface area contributed by atoms with Crippen LogP contribution in [0.4, 0.5) is 17.1 Å². The Hall–Kier alpha value is -6.15. The molecule has 0 fully saturated rings. The van der Waals surface area contributed by atoms with Crippen LogP contribution in [0.25, 0.3) is 32.7 Å². The number of hydrogen-bond donors (Lipinski definition) is 4. The van der Waals surface area contributed by atoms with Crippen molar-refractivity contribution in [1.82, 2.24) is 0 Å². The molecule has 0 amide bonds. The summed E-state index contributed by atoms with van der Waals surface area (Å²) in [5.74, 6) is 1.50. The molecule has 1 aliphatic carbocycles. The Morgan fingerprint density at radius 2 is 1.00 bits per heavy atom. The Labute approximate surface area is 416 Å². The van der Waals surface area contributed by atoms with Gasteiger partial charge in [-0.3, -0.25) is 4.79 Å². The lowest BCUT2D eigenvalue weighted by Crippen LogP contribution is -2.48. The van der Waals surface area contributed by atoms with E-state index in [0.29, 0.717) is 33.9 Å². The van der Waals surface area contributed by atoms with Crippen molar-refractivity contribution >= 4 is 80.4 Å². The van der Waals surface area contributed by atoms with Gasteiger partial charge in [-0.2, -0.15) is 0 Å². The SMILES string of the molecule is CCCCCCCCCCCCOc1ccc(B2N=c3c(=C4C(=O)C(c5ccc6cccc7c6c5NB(c5ccc(OCCCCCCCCCCCC)cc5)N7)=C4O)ccc4cccc(c34)N2)cc1. The molecule has 9 rings (SSSR count). The third kappa shape index (κ3) is 11.4. The highest BCUT2D eigenvalue weighted by Crippen LogP contribution is 2.45. The van der Waals surface area contributed by atoms with Crippen LogP contribution in [0, 0.1) is 0 Å². The molecule has 10 heteroatoms. The molecule has 0 atom stereocenters. The fourth-order valence-electron chi connectivity index (χ4n) is 10.6. The molecule has 70 heavy (non-hydrogen) atoms. The maximum atomic E-state index is 14.6. The third-order valence-corrected chi connectivity index (χ3v) is 14.6. The number of nitrogens with zero attached hydrogens (tertiary/aromatic N) is 1. The molecule has 0 unspecified atom stereocenters. The average molecular weight is 935 g/mol. The third-order valence-electron chi connectivity index (χ3n) is 14.6. The number of carbonyl (C=O) groups excluding carboxylic acids is 1. The predicted molar refractivity (Wildman–Crippen MR) is 296 cm³/mol. The van der Waals surface area contributed by atoms with Crippen molar-refractivity contribution in [3.8, 4) is 11.5 Å². The van der Waals surface area contributed by atoms with E-state index in [4.69, 9.17) is 14.4 Å². The first kappa shape index (κ1) is 48.9. The van der Waals surface area contributed by atoms with Gasteiger partial charge in [0, 0.05) is 38.6 Å². The second-order valence-corrected chi connectivity index (χ2v) is 19.8. The van der Waals surface area contributed by atoms with Gasteiger partial charge < -0.3 is 35.2 Å². The minimum Gasteiger partial charge on any atom is -0.506 e. The van der Waals surface area contributed by atoms with E-state index >= 15 is 0 Å². The van der Waals surface area contributed by atoms with Crippen LogP contribution in [0.2, 0.25) is 0 Å². The summed E-state index contributed by atoms with van der Waals surface area (Å²) >= 11 is 0. The van der Waals surface area contributed by atoms with Crippen LogP contribution in [0.5, 0.6) is 11.5 Å². The van der Waals surface area contributed by atoms with Gasteiger partial charge in [-0.05, 0) is 70.9 Å². The number of allylic oxidation sites excluding steroid dienone is 2. The molecule has 3 aliphatic rings. The smallest absolute Gasteiger partial charge is 0.427 e. The number of ether oxygens (including phenoxy) is 2. The molecular formula is C60H72B2N4O4. The van der Waals surface area contributed by atoms with Gasteiger partial charge in [-0.15, -0.1) is 0 Å².